The van der Waals surface area contributed by atoms with Crippen molar-refractivity contribution >= 4 is 39.1 Å². The molecule has 4 N–H and O–H groups in total. The van der Waals surface area contributed by atoms with Gasteiger partial charge in [0.1, 0.15) is 0 Å². The highest BCUT2D eigenvalue weighted by Gasteiger charge is 2.17. The molecule has 0 saturated heterocycles. The summed E-state index contributed by atoms with van der Waals surface area (Å²) in [6, 6.07) is 11.5. The second kappa shape index (κ2) is 6.93. The molecule has 4 nitrogen and oxygen atoms in total. The normalized spacial score (nSPS) is 12.0. The minimum Gasteiger partial charge on any atom is -0.398 e. The van der Waals surface area contributed by atoms with Crippen molar-refractivity contribution in [2.75, 3.05) is 12.3 Å². The Bertz CT molecular complexity index is 664. The van der Waals surface area contributed by atoms with Gasteiger partial charge in [-0.3, -0.25) is 4.79 Å². The molecule has 2 rings (SSSR count). The summed E-state index contributed by atoms with van der Waals surface area (Å²) in [6.45, 7) is -0.234. The summed E-state index contributed by atoms with van der Waals surface area (Å²) in [5, 5.41) is 12.8. The molecule has 0 saturated carbocycles. The zero-order valence-electron chi connectivity index (χ0n) is 11.0. The molecule has 0 heterocycles. The summed E-state index contributed by atoms with van der Waals surface area (Å²) in [5.41, 5.74) is 7.28. The Morgan fingerprint density at radius 1 is 1.33 bits per heavy atom. The fourth-order valence-corrected chi connectivity index (χ4v) is 2.51. The Morgan fingerprint density at radius 2 is 2.10 bits per heavy atom. The highest BCUT2D eigenvalue weighted by Crippen LogP contribution is 2.21. The number of hydrogen-bond donors (Lipinski definition) is 3. The molecule has 0 spiro atoms. The number of nitrogen functional groups attached to an aromatic ring is 1. The van der Waals surface area contributed by atoms with E-state index < -0.39 is 6.04 Å². The van der Waals surface area contributed by atoms with E-state index >= 15 is 0 Å². The van der Waals surface area contributed by atoms with Gasteiger partial charge in [-0.1, -0.05) is 39.7 Å². The summed E-state index contributed by atoms with van der Waals surface area (Å²) in [7, 11) is 0. The molecule has 1 atom stereocenters. The lowest BCUT2D eigenvalue weighted by atomic mass is 10.1. The molecule has 0 aliphatic rings. The highest BCUT2D eigenvalue weighted by atomic mass is 79.9. The third-order valence-corrected chi connectivity index (χ3v) is 3.73. The number of aliphatic hydroxyl groups excluding tert-OH is 1. The van der Waals surface area contributed by atoms with Crippen LogP contribution in [0.3, 0.4) is 0 Å². The summed E-state index contributed by atoms with van der Waals surface area (Å²) in [6.07, 6.45) is 0. The average molecular weight is 370 g/mol. The first kappa shape index (κ1) is 15.8. The second-order valence-electron chi connectivity index (χ2n) is 4.50. The smallest absolute Gasteiger partial charge is 0.253 e. The molecule has 2 aromatic rings. The molecule has 0 bridgehead atoms. The van der Waals surface area contributed by atoms with Crippen molar-refractivity contribution in [2.24, 2.45) is 0 Å². The van der Waals surface area contributed by atoms with E-state index in [4.69, 9.17) is 17.3 Å². The molecular weight excluding hydrogens is 356 g/mol. The van der Waals surface area contributed by atoms with Gasteiger partial charge in [-0.05, 0) is 35.9 Å². The van der Waals surface area contributed by atoms with Crippen LogP contribution in [0.5, 0.6) is 0 Å². The molecule has 0 radical (unpaired) electrons. The number of rotatable bonds is 4. The molecule has 0 aliphatic carbocycles. The van der Waals surface area contributed by atoms with Gasteiger partial charge in [0.15, 0.2) is 0 Å². The standard InChI is InChI=1S/C15H14BrClN2O2/c16-10-4-5-12(13(18)7-10)15(21)19-14(8-20)9-2-1-3-11(17)6-9/h1-7,14,20H,8,18H2,(H,19,21). The van der Waals surface area contributed by atoms with E-state index in [9.17, 15) is 9.90 Å². The topological polar surface area (TPSA) is 75.4 Å². The summed E-state index contributed by atoms with van der Waals surface area (Å²) < 4.78 is 0.796. The summed E-state index contributed by atoms with van der Waals surface area (Å²) in [5.74, 6) is -0.348. The Kier molecular flexibility index (Phi) is 5.22. The SMILES string of the molecule is Nc1cc(Br)ccc1C(=O)NC(CO)c1cccc(Cl)c1. The number of anilines is 1. The number of halogens is 2. The molecule has 1 amide bonds. The van der Waals surface area contributed by atoms with Gasteiger partial charge in [-0.15, -0.1) is 0 Å². The monoisotopic (exact) mass is 368 g/mol. The predicted octanol–water partition coefficient (Wildman–Crippen LogP) is 3.15. The first-order valence-corrected chi connectivity index (χ1v) is 7.40. The lowest BCUT2D eigenvalue weighted by Crippen LogP contribution is -2.31. The lowest BCUT2D eigenvalue weighted by Gasteiger charge is -2.17. The van der Waals surface area contributed by atoms with Gasteiger partial charge in [0.2, 0.25) is 0 Å². The molecule has 110 valence electrons. The number of aliphatic hydroxyl groups is 1. The van der Waals surface area contributed by atoms with E-state index in [0.717, 1.165) is 10.0 Å². The number of carbonyl (C=O) groups is 1. The fraction of sp³-hybridized carbons (Fsp3) is 0.133. The highest BCUT2D eigenvalue weighted by molar-refractivity contribution is 9.10. The molecule has 0 fully saturated rings. The fourth-order valence-electron chi connectivity index (χ4n) is 1.93. The number of nitrogens with one attached hydrogen (secondary N) is 1. The van der Waals surface area contributed by atoms with Crippen molar-refractivity contribution in [3.05, 3.63) is 63.1 Å². The van der Waals surface area contributed by atoms with Crippen LogP contribution >= 0.6 is 27.5 Å². The summed E-state index contributed by atoms with van der Waals surface area (Å²) in [4.78, 5) is 12.3. The van der Waals surface area contributed by atoms with Crippen LogP contribution in [-0.2, 0) is 0 Å². The maximum absolute atomic E-state index is 12.3. The molecule has 6 heteroatoms. The summed E-state index contributed by atoms with van der Waals surface area (Å²) >= 11 is 9.21. The zero-order valence-corrected chi connectivity index (χ0v) is 13.4. The molecule has 0 aromatic heterocycles. The van der Waals surface area contributed by atoms with Crippen LogP contribution in [0.25, 0.3) is 0 Å². The Labute approximate surface area is 136 Å². The first-order valence-electron chi connectivity index (χ1n) is 6.23. The molecule has 0 aliphatic heterocycles. The number of nitrogens with two attached hydrogens (primary N) is 1. The van der Waals surface area contributed by atoms with E-state index in [0.29, 0.717) is 16.3 Å². The van der Waals surface area contributed by atoms with Crippen LogP contribution in [0, 0.1) is 0 Å². The maximum atomic E-state index is 12.3. The molecule has 21 heavy (non-hydrogen) atoms. The Balaban J connectivity index is 2.20. The van der Waals surface area contributed by atoms with Crippen LogP contribution < -0.4 is 11.1 Å². The predicted molar refractivity (Wildman–Crippen MR) is 87.3 cm³/mol. The second-order valence-corrected chi connectivity index (χ2v) is 5.85. The number of hydrogen-bond acceptors (Lipinski definition) is 3. The minimum atomic E-state index is -0.542. The van der Waals surface area contributed by atoms with Gasteiger partial charge in [0, 0.05) is 15.2 Å². The van der Waals surface area contributed by atoms with E-state index in [1.54, 1.807) is 42.5 Å². The zero-order chi connectivity index (χ0) is 15.4. The van der Waals surface area contributed by atoms with Crippen LogP contribution in [0.2, 0.25) is 5.02 Å². The van der Waals surface area contributed by atoms with E-state index in [-0.39, 0.29) is 12.5 Å². The van der Waals surface area contributed by atoms with Gasteiger partial charge < -0.3 is 16.2 Å². The van der Waals surface area contributed by atoms with Crippen LogP contribution in [0.1, 0.15) is 22.0 Å². The number of benzene rings is 2. The van der Waals surface area contributed by atoms with Crippen LogP contribution in [-0.4, -0.2) is 17.6 Å². The largest absolute Gasteiger partial charge is 0.398 e. The molecule has 1 unspecified atom stereocenters. The van der Waals surface area contributed by atoms with Crippen molar-refractivity contribution in [1.82, 2.24) is 5.32 Å². The first-order chi connectivity index (χ1) is 10.0. The molecular formula is C15H14BrClN2O2. The number of carbonyl (C=O) groups excluding carboxylic acids is 1. The third-order valence-electron chi connectivity index (χ3n) is 3.00. The van der Waals surface area contributed by atoms with Gasteiger partial charge in [0.25, 0.3) is 5.91 Å². The maximum Gasteiger partial charge on any atom is 0.253 e. The average Bonchev–Trinajstić information content (AvgIpc) is 2.44. The quantitative estimate of drug-likeness (QED) is 0.725. The van der Waals surface area contributed by atoms with Gasteiger partial charge in [-0.2, -0.15) is 0 Å². The van der Waals surface area contributed by atoms with Crippen molar-refractivity contribution in [3.63, 3.8) is 0 Å². The van der Waals surface area contributed by atoms with E-state index in [2.05, 4.69) is 21.2 Å². The van der Waals surface area contributed by atoms with Gasteiger partial charge in [-0.25, -0.2) is 0 Å². The van der Waals surface area contributed by atoms with E-state index in [1.165, 1.54) is 0 Å². The lowest BCUT2D eigenvalue weighted by molar-refractivity contribution is 0.0917. The van der Waals surface area contributed by atoms with Crippen molar-refractivity contribution in [3.8, 4) is 0 Å². The van der Waals surface area contributed by atoms with E-state index in [1.807, 2.05) is 0 Å². The molecule has 2 aromatic carbocycles. The van der Waals surface area contributed by atoms with Crippen molar-refractivity contribution in [2.45, 2.75) is 6.04 Å². The van der Waals surface area contributed by atoms with Gasteiger partial charge in [0.05, 0.1) is 18.2 Å². The Morgan fingerprint density at radius 3 is 2.71 bits per heavy atom. The third kappa shape index (κ3) is 3.97. The minimum absolute atomic E-state index is 0.234. The van der Waals surface area contributed by atoms with Gasteiger partial charge >= 0.3 is 0 Å². The van der Waals surface area contributed by atoms with Crippen molar-refractivity contribution in [1.29, 1.82) is 0 Å². The van der Waals surface area contributed by atoms with Crippen molar-refractivity contribution < 1.29 is 9.90 Å². The number of amides is 1. The van der Waals surface area contributed by atoms with Crippen LogP contribution in [0.15, 0.2) is 46.9 Å². The Hall–Kier alpha value is -1.56. The van der Waals surface area contributed by atoms with Crippen LogP contribution in [0.4, 0.5) is 5.69 Å².